The summed E-state index contributed by atoms with van der Waals surface area (Å²) in [5, 5.41) is 15.9. The maximum Gasteiger partial charge on any atom is 0.326 e. The lowest BCUT2D eigenvalue weighted by Crippen LogP contribution is -2.36. The first-order valence-electron chi connectivity index (χ1n) is 11.5. The lowest BCUT2D eigenvalue weighted by molar-refractivity contribution is -0.138. The van der Waals surface area contributed by atoms with Crippen molar-refractivity contribution in [2.24, 2.45) is 5.73 Å². The standard InChI is InChI=1S/C23H33N7O3/c24-20(31)10-15-30(14-9-19(23(32)33)29-21-8-12-25-16-27-21)13-2-1-5-18-7-6-17-4-3-11-26-22(17)28-18/h6-8,12,16,19H,1-5,9-11,13-15H2,(H2,24,31)(H,26,28)(H,32,33)(H,25,27,29)/t19-/m0/s1. The van der Waals surface area contributed by atoms with Crippen molar-refractivity contribution in [1.29, 1.82) is 0 Å². The summed E-state index contributed by atoms with van der Waals surface area (Å²) in [6.07, 6.45) is 8.52. The van der Waals surface area contributed by atoms with Crippen molar-refractivity contribution < 1.29 is 14.7 Å². The van der Waals surface area contributed by atoms with Gasteiger partial charge in [-0.15, -0.1) is 0 Å². The normalized spacial score (nSPS) is 13.7. The number of primary amides is 1. The summed E-state index contributed by atoms with van der Waals surface area (Å²) in [6, 6.07) is 5.11. The van der Waals surface area contributed by atoms with Crippen LogP contribution in [0.25, 0.3) is 0 Å². The van der Waals surface area contributed by atoms with E-state index >= 15 is 0 Å². The number of fused-ring (bicyclic) bond motifs is 1. The first kappa shape index (κ1) is 24.4. The number of aromatic nitrogens is 3. The Bertz CT molecular complexity index is 910. The molecule has 10 nitrogen and oxygen atoms in total. The van der Waals surface area contributed by atoms with Gasteiger partial charge in [0.2, 0.25) is 5.91 Å². The van der Waals surface area contributed by atoms with Gasteiger partial charge in [0.25, 0.3) is 0 Å². The molecule has 33 heavy (non-hydrogen) atoms. The molecule has 178 valence electrons. The van der Waals surface area contributed by atoms with Crippen molar-refractivity contribution in [2.45, 2.75) is 51.0 Å². The average Bonchev–Trinajstić information content (AvgIpc) is 2.82. The number of aryl methyl sites for hydroxylation is 2. The highest BCUT2D eigenvalue weighted by molar-refractivity contribution is 5.76. The van der Waals surface area contributed by atoms with Crippen molar-refractivity contribution in [3.8, 4) is 0 Å². The van der Waals surface area contributed by atoms with Gasteiger partial charge in [0.15, 0.2) is 0 Å². The van der Waals surface area contributed by atoms with E-state index in [1.165, 1.54) is 11.9 Å². The SMILES string of the molecule is NC(=O)CCN(CCCCc1ccc2c(n1)NCCC2)CC[C@H](Nc1ccncn1)C(=O)O. The topological polar surface area (TPSA) is 146 Å². The van der Waals surface area contributed by atoms with Gasteiger partial charge >= 0.3 is 5.97 Å². The van der Waals surface area contributed by atoms with Crippen LogP contribution in [0.5, 0.6) is 0 Å². The number of pyridine rings is 1. The maximum absolute atomic E-state index is 11.7. The number of amides is 1. The molecule has 1 aliphatic rings. The molecule has 2 aromatic heterocycles. The zero-order valence-electron chi connectivity index (χ0n) is 18.9. The van der Waals surface area contributed by atoms with Gasteiger partial charge in [-0.3, -0.25) is 4.79 Å². The molecule has 0 aliphatic carbocycles. The van der Waals surface area contributed by atoms with Crippen LogP contribution in [0.4, 0.5) is 11.6 Å². The van der Waals surface area contributed by atoms with Gasteiger partial charge in [0, 0.05) is 37.9 Å². The monoisotopic (exact) mass is 455 g/mol. The second-order valence-corrected chi connectivity index (χ2v) is 8.27. The van der Waals surface area contributed by atoms with Crippen LogP contribution >= 0.6 is 0 Å². The highest BCUT2D eigenvalue weighted by atomic mass is 16.4. The Labute approximate surface area is 194 Å². The third-order valence-electron chi connectivity index (χ3n) is 5.72. The Morgan fingerprint density at radius 2 is 2.09 bits per heavy atom. The minimum Gasteiger partial charge on any atom is -0.480 e. The maximum atomic E-state index is 11.7. The van der Waals surface area contributed by atoms with Crippen LogP contribution in [0.1, 0.15) is 43.4 Å². The van der Waals surface area contributed by atoms with Crippen molar-refractivity contribution >= 4 is 23.5 Å². The minimum absolute atomic E-state index is 0.245. The van der Waals surface area contributed by atoms with Crippen LogP contribution in [0.3, 0.4) is 0 Å². The van der Waals surface area contributed by atoms with Crippen LogP contribution in [0.2, 0.25) is 0 Å². The van der Waals surface area contributed by atoms with Gasteiger partial charge in [0.1, 0.15) is 24.0 Å². The second kappa shape index (κ2) is 12.7. The molecule has 0 fully saturated rings. The molecule has 0 aromatic carbocycles. The Kier molecular flexibility index (Phi) is 9.37. The van der Waals surface area contributed by atoms with E-state index < -0.39 is 12.0 Å². The molecule has 0 radical (unpaired) electrons. The summed E-state index contributed by atoms with van der Waals surface area (Å²) in [6.45, 7) is 2.78. The molecule has 0 saturated heterocycles. The summed E-state index contributed by atoms with van der Waals surface area (Å²) >= 11 is 0. The van der Waals surface area contributed by atoms with Crippen molar-refractivity contribution in [1.82, 2.24) is 19.9 Å². The number of carbonyl (C=O) groups excluding carboxylic acids is 1. The zero-order valence-corrected chi connectivity index (χ0v) is 18.9. The fourth-order valence-electron chi connectivity index (χ4n) is 3.88. The number of unbranched alkanes of at least 4 members (excludes halogenated alkanes) is 1. The second-order valence-electron chi connectivity index (χ2n) is 8.27. The molecule has 0 unspecified atom stereocenters. The number of carbonyl (C=O) groups is 2. The lowest BCUT2D eigenvalue weighted by atomic mass is 10.1. The van der Waals surface area contributed by atoms with E-state index in [-0.39, 0.29) is 12.3 Å². The quantitative estimate of drug-likeness (QED) is 0.312. The molecule has 0 saturated carbocycles. The van der Waals surface area contributed by atoms with Crippen molar-refractivity contribution in [3.63, 3.8) is 0 Å². The summed E-state index contributed by atoms with van der Waals surface area (Å²) in [5.74, 6) is 0.168. The van der Waals surface area contributed by atoms with E-state index in [2.05, 4.69) is 37.6 Å². The number of aliphatic carboxylic acids is 1. The van der Waals surface area contributed by atoms with Crippen LogP contribution in [-0.4, -0.2) is 69.1 Å². The van der Waals surface area contributed by atoms with Crippen LogP contribution < -0.4 is 16.4 Å². The summed E-state index contributed by atoms with van der Waals surface area (Å²) in [4.78, 5) is 37.7. The first-order valence-corrected chi connectivity index (χ1v) is 11.5. The molecule has 3 rings (SSSR count). The van der Waals surface area contributed by atoms with Gasteiger partial charge in [-0.2, -0.15) is 0 Å². The zero-order chi connectivity index (χ0) is 23.5. The number of carboxylic acid groups (broad SMARTS) is 1. The lowest BCUT2D eigenvalue weighted by Gasteiger charge is -2.24. The van der Waals surface area contributed by atoms with Gasteiger partial charge in [0.05, 0.1) is 0 Å². The van der Waals surface area contributed by atoms with Crippen LogP contribution in [0, 0.1) is 0 Å². The number of carboxylic acids is 1. The van der Waals surface area contributed by atoms with E-state index in [0.717, 1.165) is 56.7 Å². The average molecular weight is 456 g/mol. The molecule has 10 heteroatoms. The molecule has 5 N–H and O–H groups in total. The van der Waals surface area contributed by atoms with E-state index in [0.29, 0.717) is 25.3 Å². The smallest absolute Gasteiger partial charge is 0.326 e. The predicted octanol–water partition coefficient (Wildman–Crippen LogP) is 1.69. The molecular weight excluding hydrogens is 422 g/mol. The van der Waals surface area contributed by atoms with Gasteiger partial charge in [-0.1, -0.05) is 6.07 Å². The summed E-state index contributed by atoms with van der Waals surface area (Å²) in [7, 11) is 0. The van der Waals surface area contributed by atoms with Crippen molar-refractivity contribution in [3.05, 3.63) is 42.0 Å². The molecule has 1 atom stereocenters. The van der Waals surface area contributed by atoms with E-state index in [1.54, 1.807) is 12.3 Å². The first-order chi connectivity index (χ1) is 16.0. The van der Waals surface area contributed by atoms with Gasteiger partial charge < -0.3 is 26.4 Å². The highest BCUT2D eigenvalue weighted by Crippen LogP contribution is 2.20. The Balaban J connectivity index is 1.47. The fourth-order valence-corrected chi connectivity index (χ4v) is 3.88. The third-order valence-corrected chi connectivity index (χ3v) is 5.72. The Morgan fingerprint density at radius 3 is 2.85 bits per heavy atom. The fraction of sp³-hybridized carbons (Fsp3) is 0.522. The minimum atomic E-state index is -0.949. The summed E-state index contributed by atoms with van der Waals surface area (Å²) in [5.41, 5.74) is 7.69. The number of hydrogen-bond donors (Lipinski definition) is 4. The van der Waals surface area contributed by atoms with E-state index in [1.807, 2.05) is 0 Å². The van der Waals surface area contributed by atoms with Crippen LogP contribution in [0.15, 0.2) is 30.7 Å². The molecular formula is C23H33N7O3. The van der Waals surface area contributed by atoms with Gasteiger partial charge in [-0.25, -0.2) is 19.7 Å². The Morgan fingerprint density at radius 1 is 1.21 bits per heavy atom. The molecule has 0 bridgehead atoms. The van der Waals surface area contributed by atoms with Crippen LogP contribution in [-0.2, 0) is 22.4 Å². The number of nitrogens with zero attached hydrogens (tertiary/aromatic N) is 4. The predicted molar refractivity (Wildman–Crippen MR) is 126 cm³/mol. The number of nitrogens with one attached hydrogen (secondary N) is 2. The van der Waals surface area contributed by atoms with Crippen molar-refractivity contribution in [2.75, 3.05) is 36.8 Å². The third kappa shape index (κ3) is 8.30. The highest BCUT2D eigenvalue weighted by Gasteiger charge is 2.19. The van der Waals surface area contributed by atoms with Gasteiger partial charge in [-0.05, 0) is 62.8 Å². The number of hydrogen-bond acceptors (Lipinski definition) is 8. The molecule has 1 aliphatic heterocycles. The summed E-state index contributed by atoms with van der Waals surface area (Å²) < 4.78 is 0. The van der Waals surface area contributed by atoms with E-state index in [9.17, 15) is 14.7 Å². The largest absolute Gasteiger partial charge is 0.480 e. The molecule has 2 aromatic rings. The number of nitrogens with two attached hydrogens (primary N) is 1. The molecule has 3 heterocycles. The van der Waals surface area contributed by atoms with E-state index in [4.69, 9.17) is 10.7 Å². The molecule has 0 spiro atoms. The Hall–Kier alpha value is -3.27. The molecule has 1 amide bonds. The number of anilines is 2. The number of rotatable bonds is 14.